The molecule has 1 heterocycles. The number of nitrogens with zero attached hydrogens (tertiary/aromatic N) is 1. The van der Waals surface area contributed by atoms with E-state index < -0.39 is 0 Å². The number of aromatic nitrogens is 1. The Balaban J connectivity index is 2.94. The average molecular weight is 238 g/mol. The molecule has 0 aliphatic heterocycles. The lowest BCUT2D eigenvalue weighted by atomic mass is 10.1. The molecule has 0 aromatic carbocycles. The summed E-state index contributed by atoms with van der Waals surface area (Å²) in [5, 5.41) is 3.44. The summed E-state index contributed by atoms with van der Waals surface area (Å²) >= 11 is 0. The standard InChI is InChI=1S/C13H22N2O2/c1-5-8-14-12(10(2)16-3)13-11(17-4)7-6-9-15-13/h6-7,9-10,12,14H,5,8H2,1-4H3. The van der Waals surface area contributed by atoms with Crippen molar-refractivity contribution in [1.82, 2.24) is 10.3 Å². The van der Waals surface area contributed by atoms with Crippen LogP contribution in [0.5, 0.6) is 5.75 Å². The third-order valence-corrected chi connectivity index (χ3v) is 2.77. The van der Waals surface area contributed by atoms with E-state index >= 15 is 0 Å². The van der Waals surface area contributed by atoms with Crippen molar-refractivity contribution in [3.8, 4) is 5.75 Å². The average Bonchev–Trinajstić information content (AvgIpc) is 2.39. The summed E-state index contributed by atoms with van der Waals surface area (Å²) in [6.07, 6.45) is 2.90. The fourth-order valence-corrected chi connectivity index (χ4v) is 1.73. The Hall–Kier alpha value is -1.13. The van der Waals surface area contributed by atoms with Crippen LogP contribution in [0, 0.1) is 0 Å². The van der Waals surface area contributed by atoms with E-state index in [4.69, 9.17) is 9.47 Å². The molecule has 1 N–H and O–H groups in total. The van der Waals surface area contributed by atoms with Crippen molar-refractivity contribution in [2.75, 3.05) is 20.8 Å². The molecular formula is C13H22N2O2. The van der Waals surface area contributed by atoms with Gasteiger partial charge in [0.15, 0.2) is 0 Å². The highest BCUT2D eigenvalue weighted by Crippen LogP contribution is 2.25. The first kappa shape index (κ1) is 13.9. The Morgan fingerprint density at radius 3 is 2.76 bits per heavy atom. The lowest BCUT2D eigenvalue weighted by molar-refractivity contribution is 0.0806. The zero-order chi connectivity index (χ0) is 12.7. The van der Waals surface area contributed by atoms with Crippen LogP contribution < -0.4 is 10.1 Å². The minimum atomic E-state index is 0.0466. The summed E-state index contributed by atoms with van der Waals surface area (Å²) in [5.74, 6) is 0.796. The Labute approximate surface area is 103 Å². The molecule has 17 heavy (non-hydrogen) atoms. The zero-order valence-corrected chi connectivity index (χ0v) is 11.1. The van der Waals surface area contributed by atoms with Gasteiger partial charge >= 0.3 is 0 Å². The van der Waals surface area contributed by atoms with Crippen LogP contribution in [0.25, 0.3) is 0 Å². The number of pyridine rings is 1. The van der Waals surface area contributed by atoms with Crippen LogP contribution in [-0.2, 0) is 4.74 Å². The van der Waals surface area contributed by atoms with Crippen LogP contribution in [0.1, 0.15) is 32.0 Å². The topological polar surface area (TPSA) is 43.4 Å². The largest absolute Gasteiger partial charge is 0.495 e. The summed E-state index contributed by atoms with van der Waals surface area (Å²) in [4.78, 5) is 4.40. The van der Waals surface area contributed by atoms with Crippen LogP contribution in [0.2, 0.25) is 0 Å². The van der Waals surface area contributed by atoms with E-state index in [1.54, 1.807) is 20.4 Å². The Morgan fingerprint density at radius 1 is 1.41 bits per heavy atom. The fraction of sp³-hybridized carbons (Fsp3) is 0.615. The van der Waals surface area contributed by atoms with E-state index in [1.807, 2.05) is 19.1 Å². The number of methoxy groups -OCH3 is 2. The molecule has 0 aliphatic carbocycles. The van der Waals surface area contributed by atoms with Gasteiger partial charge in [-0.3, -0.25) is 4.98 Å². The van der Waals surface area contributed by atoms with Crippen molar-refractivity contribution >= 4 is 0 Å². The van der Waals surface area contributed by atoms with Crippen molar-refractivity contribution in [1.29, 1.82) is 0 Å². The van der Waals surface area contributed by atoms with Gasteiger partial charge in [-0.15, -0.1) is 0 Å². The number of rotatable bonds is 7. The van der Waals surface area contributed by atoms with Crippen molar-refractivity contribution < 1.29 is 9.47 Å². The van der Waals surface area contributed by atoms with E-state index in [9.17, 15) is 0 Å². The maximum absolute atomic E-state index is 5.41. The highest BCUT2D eigenvalue weighted by atomic mass is 16.5. The highest BCUT2D eigenvalue weighted by molar-refractivity contribution is 5.30. The second-order valence-electron chi connectivity index (χ2n) is 3.96. The fourth-order valence-electron chi connectivity index (χ4n) is 1.73. The first-order chi connectivity index (χ1) is 8.24. The third kappa shape index (κ3) is 3.68. The molecule has 2 unspecified atom stereocenters. The number of nitrogens with one attached hydrogen (secondary N) is 1. The summed E-state index contributed by atoms with van der Waals surface area (Å²) in [7, 11) is 3.37. The Kier molecular flexibility index (Phi) is 5.94. The normalized spacial score (nSPS) is 14.4. The van der Waals surface area contributed by atoms with Gasteiger partial charge in [-0.2, -0.15) is 0 Å². The van der Waals surface area contributed by atoms with Crippen LogP contribution >= 0.6 is 0 Å². The molecule has 1 aromatic rings. The SMILES string of the molecule is CCCNC(c1ncccc1OC)C(C)OC. The third-order valence-electron chi connectivity index (χ3n) is 2.77. The monoisotopic (exact) mass is 238 g/mol. The van der Waals surface area contributed by atoms with Gasteiger partial charge in [0.1, 0.15) is 11.4 Å². The number of ether oxygens (including phenoxy) is 2. The molecular weight excluding hydrogens is 216 g/mol. The Morgan fingerprint density at radius 2 is 2.18 bits per heavy atom. The molecule has 4 heteroatoms. The van der Waals surface area contributed by atoms with E-state index in [2.05, 4.69) is 17.2 Å². The van der Waals surface area contributed by atoms with Gasteiger partial charge in [-0.05, 0) is 32.0 Å². The predicted octanol–water partition coefficient (Wildman–Crippen LogP) is 2.17. The Bertz CT molecular complexity index is 331. The van der Waals surface area contributed by atoms with Crippen molar-refractivity contribution in [2.24, 2.45) is 0 Å². The molecule has 1 aromatic heterocycles. The highest BCUT2D eigenvalue weighted by Gasteiger charge is 2.22. The van der Waals surface area contributed by atoms with E-state index in [1.165, 1.54) is 0 Å². The molecule has 0 spiro atoms. The molecule has 0 radical (unpaired) electrons. The minimum absolute atomic E-state index is 0.0466. The van der Waals surface area contributed by atoms with E-state index in [0.29, 0.717) is 0 Å². The van der Waals surface area contributed by atoms with Gasteiger partial charge < -0.3 is 14.8 Å². The summed E-state index contributed by atoms with van der Waals surface area (Å²) in [6, 6.07) is 3.85. The van der Waals surface area contributed by atoms with Gasteiger partial charge in [0, 0.05) is 13.3 Å². The molecule has 0 saturated carbocycles. The summed E-state index contributed by atoms with van der Waals surface area (Å²) in [5.41, 5.74) is 0.901. The second kappa shape index (κ2) is 7.25. The van der Waals surface area contributed by atoms with Crippen LogP contribution in [0.15, 0.2) is 18.3 Å². The minimum Gasteiger partial charge on any atom is -0.495 e. The number of hydrogen-bond acceptors (Lipinski definition) is 4. The lowest BCUT2D eigenvalue weighted by Crippen LogP contribution is -2.33. The molecule has 0 amide bonds. The lowest BCUT2D eigenvalue weighted by Gasteiger charge is -2.24. The van der Waals surface area contributed by atoms with Crippen LogP contribution in [-0.4, -0.2) is 31.9 Å². The molecule has 0 aliphatic rings. The van der Waals surface area contributed by atoms with E-state index in [-0.39, 0.29) is 12.1 Å². The quantitative estimate of drug-likeness (QED) is 0.790. The van der Waals surface area contributed by atoms with Crippen molar-refractivity contribution in [3.05, 3.63) is 24.0 Å². The smallest absolute Gasteiger partial charge is 0.142 e. The molecule has 2 atom stereocenters. The zero-order valence-electron chi connectivity index (χ0n) is 11.1. The summed E-state index contributed by atoms with van der Waals surface area (Å²) < 4.78 is 10.7. The molecule has 96 valence electrons. The maximum Gasteiger partial charge on any atom is 0.142 e. The molecule has 0 bridgehead atoms. The first-order valence-electron chi connectivity index (χ1n) is 5.99. The predicted molar refractivity (Wildman–Crippen MR) is 68.3 cm³/mol. The van der Waals surface area contributed by atoms with Gasteiger partial charge in [-0.1, -0.05) is 6.92 Å². The van der Waals surface area contributed by atoms with Crippen molar-refractivity contribution in [3.63, 3.8) is 0 Å². The van der Waals surface area contributed by atoms with Gasteiger partial charge in [-0.25, -0.2) is 0 Å². The molecule has 4 nitrogen and oxygen atoms in total. The van der Waals surface area contributed by atoms with Gasteiger partial charge in [0.25, 0.3) is 0 Å². The van der Waals surface area contributed by atoms with E-state index in [0.717, 1.165) is 24.4 Å². The molecule has 0 saturated heterocycles. The number of hydrogen-bond donors (Lipinski definition) is 1. The molecule has 0 fully saturated rings. The van der Waals surface area contributed by atoms with Crippen molar-refractivity contribution in [2.45, 2.75) is 32.4 Å². The van der Waals surface area contributed by atoms with Crippen LogP contribution in [0.4, 0.5) is 0 Å². The van der Waals surface area contributed by atoms with Gasteiger partial charge in [0.2, 0.25) is 0 Å². The molecule has 1 rings (SSSR count). The van der Waals surface area contributed by atoms with Gasteiger partial charge in [0.05, 0.1) is 19.3 Å². The second-order valence-corrected chi connectivity index (χ2v) is 3.96. The van der Waals surface area contributed by atoms with Crippen LogP contribution in [0.3, 0.4) is 0 Å². The maximum atomic E-state index is 5.41. The first-order valence-corrected chi connectivity index (χ1v) is 5.99. The summed E-state index contributed by atoms with van der Waals surface area (Å²) in [6.45, 7) is 5.09.